The summed E-state index contributed by atoms with van der Waals surface area (Å²) in [6.07, 6.45) is 6.00. The van der Waals surface area contributed by atoms with E-state index in [0.29, 0.717) is 32.1 Å². The van der Waals surface area contributed by atoms with Crippen molar-refractivity contribution in [3.05, 3.63) is 47.5 Å². The van der Waals surface area contributed by atoms with Gasteiger partial charge in [0.2, 0.25) is 0 Å². The van der Waals surface area contributed by atoms with Crippen LogP contribution in [0.25, 0.3) is 0 Å². The summed E-state index contributed by atoms with van der Waals surface area (Å²) in [4.78, 5) is 42.9. The Labute approximate surface area is 252 Å². The average Bonchev–Trinajstić information content (AvgIpc) is 3.26. The summed E-state index contributed by atoms with van der Waals surface area (Å²) in [7, 11) is 1.28. The van der Waals surface area contributed by atoms with Crippen molar-refractivity contribution < 1.29 is 39.3 Å². The fourth-order valence-electron chi connectivity index (χ4n) is 8.96. The predicted molar refractivity (Wildman–Crippen MR) is 158 cm³/mol. The van der Waals surface area contributed by atoms with Crippen molar-refractivity contribution in [3.8, 4) is 0 Å². The number of aliphatic hydroxyl groups is 3. The van der Waals surface area contributed by atoms with Crippen LogP contribution < -0.4 is 5.32 Å². The number of rotatable bonds is 9. The van der Waals surface area contributed by atoms with Crippen LogP contribution in [0, 0.1) is 28.6 Å². The van der Waals surface area contributed by atoms with E-state index in [1.807, 2.05) is 43.3 Å². The number of carbonyl (C=O) groups excluding carboxylic acids is 3. The van der Waals surface area contributed by atoms with Gasteiger partial charge in [-0.3, -0.25) is 9.59 Å². The van der Waals surface area contributed by atoms with Crippen LogP contribution in [-0.2, 0) is 30.4 Å². The molecule has 0 bridgehead atoms. The van der Waals surface area contributed by atoms with Crippen molar-refractivity contribution in [2.75, 3.05) is 20.3 Å². The lowest BCUT2D eigenvalue weighted by molar-refractivity contribution is -0.181. The summed E-state index contributed by atoms with van der Waals surface area (Å²) in [5.74, 6) is -1.32. The minimum atomic E-state index is -1.61. The normalized spacial score (nSPS) is 36.4. The molecule has 43 heavy (non-hydrogen) atoms. The van der Waals surface area contributed by atoms with Crippen LogP contribution in [0.1, 0.15) is 64.4 Å². The van der Waals surface area contributed by atoms with Crippen molar-refractivity contribution in [1.82, 2.24) is 5.32 Å². The minimum absolute atomic E-state index is 0.00901. The first-order valence-electron chi connectivity index (χ1n) is 15.3. The van der Waals surface area contributed by atoms with Gasteiger partial charge in [-0.1, -0.05) is 54.9 Å². The number of hydrogen-bond donors (Lipinski definition) is 4. The summed E-state index contributed by atoms with van der Waals surface area (Å²) < 4.78 is 4.86. The Hall–Kier alpha value is -3.08. The number of methoxy groups -OCH3 is 1. The summed E-state index contributed by atoms with van der Waals surface area (Å²) in [5.41, 5.74) is 0.181. The van der Waals surface area contributed by atoms with Crippen LogP contribution in [0.5, 0.6) is 0 Å². The SMILES string of the molecule is COC(=O)C(Cc1ccccc1)NC(=O)CON=C1C=C2CC[C@@H]3[C@H]([C@@H](O)C[C@@]4(C)[C@H]3CC[C@]4(O)C(=O)CO)[C@@]2(C)CC1. The lowest BCUT2D eigenvalue weighted by Crippen LogP contribution is -2.62. The molecule has 4 aliphatic carbocycles. The fourth-order valence-corrected chi connectivity index (χ4v) is 8.96. The number of nitrogens with one attached hydrogen (secondary N) is 1. The molecule has 1 aromatic rings. The summed E-state index contributed by atoms with van der Waals surface area (Å²) in [5, 5.41) is 39.4. The maximum atomic E-state index is 12.6. The largest absolute Gasteiger partial charge is 0.467 e. The molecule has 10 nitrogen and oxygen atoms in total. The Morgan fingerprint density at radius 1 is 1.12 bits per heavy atom. The van der Waals surface area contributed by atoms with Crippen LogP contribution in [0.4, 0.5) is 0 Å². The molecule has 234 valence electrons. The fraction of sp³-hybridized carbons (Fsp3) is 0.636. The Bertz CT molecular complexity index is 1300. The van der Waals surface area contributed by atoms with E-state index in [-0.39, 0.29) is 29.8 Å². The maximum Gasteiger partial charge on any atom is 0.328 e. The minimum Gasteiger partial charge on any atom is -0.467 e. The van der Waals surface area contributed by atoms with E-state index in [1.54, 1.807) is 0 Å². The molecule has 0 heterocycles. The highest BCUT2D eigenvalue weighted by Crippen LogP contribution is 2.67. The zero-order valence-corrected chi connectivity index (χ0v) is 25.3. The molecular weight excluding hydrogens is 552 g/mol. The average molecular weight is 597 g/mol. The molecule has 3 fully saturated rings. The van der Waals surface area contributed by atoms with E-state index >= 15 is 0 Å². The Morgan fingerprint density at radius 2 is 1.86 bits per heavy atom. The monoisotopic (exact) mass is 596 g/mol. The molecule has 4 N–H and O–H groups in total. The molecule has 0 radical (unpaired) electrons. The van der Waals surface area contributed by atoms with Crippen LogP contribution >= 0.6 is 0 Å². The zero-order chi connectivity index (χ0) is 31.0. The second-order valence-corrected chi connectivity index (χ2v) is 13.3. The van der Waals surface area contributed by atoms with E-state index in [4.69, 9.17) is 9.57 Å². The number of aliphatic hydroxyl groups excluding tert-OH is 2. The Balaban J connectivity index is 1.23. The van der Waals surface area contributed by atoms with E-state index in [0.717, 1.165) is 30.5 Å². The molecule has 4 aliphatic rings. The lowest BCUT2D eigenvalue weighted by atomic mass is 9.45. The molecule has 0 spiro atoms. The van der Waals surface area contributed by atoms with Gasteiger partial charge in [-0.05, 0) is 79.8 Å². The molecule has 1 unspecified atom stereocenters. The smallest absolute Gasteiger partial charge is 0.328 e. The number of ether oxygens (including phenoxy) is 1. The van der Waals surface area contributed by atoms with Gasteiger partial charge in [0.15, 0.2) is 12.4 Å². The van der Waals surface area contributed by atoms with Gasteiger partial charge in [0.05, 0.1) is 18.9 Å². The molecule has 5 rings (SSSR count). The number of carbonyl (C=O) groups is 3. The first kappa shape index (κ1) is 31.3. The predicted octanol–water partition coefficient (Wildman–Crippen LogP) is 2.49. The van der Waals surface area contributed by atoms with E-state index < -0.39 is 47.4 Å². The molecule has 0 aliphatic heterocycles. The second-order valence-electron chi connectivity index (χ2n) is 13.3. The summed E-state index contributed by atoms with van der Waals surface area (Å²) >= 11 is 0. The molecule has 10 heteroatoms. The lowest BCUT2D eigenvalue weighted by Gasteiger charge is -2.60. The topological polar surface area (TPSA) is 155 Å². The molecule has 1 aromatic carbocycles. The van der Waals surface area contributed by atoms with Crippen LogP contribution in [0.3, 0.4) is 0 Å². The van der Waals surface area contributed by atoms with E-state index in [9.17, 15) is 29.7 Å². The van der Waals surface area contributed by atoms with Crippen molar-refractivity contribution >= 4 is 23.4 Å². The number of nitrogens with zero attached hydrogens (tertiary/aromatic N) is 1. The molecule has 0 saturated heterocycles. The molecule has 8 atom stereocenters. The van der Waals surface area contributed by atoms with Crippen molar-refractivity contribution in [2.45, 2.75) is 83.0 Å². The number of oxime groups is 1. The van der Waals surface area contributed by atoms with Gasteiger partial charge in [0, 0.05) is 11.8 Å². The summed E-state index contributed by atoms with van der Waals surface area (Å²) in [6, 6.07) is 8.51. The van der Waals surface area contributed by atoms with Gasteiger partial charge in [-0.15, -0.1) is 0 Å². The third kappa shape index (κ3) is 5.53. The van der Waals surface area contributed by atoms with E-state index in [1.165, 1.54) is 12.7 Å². The number of benzene rings is 1. The zero-order valence-electron chi connectivity index (χ0n) is 25.3. The summed E-state index contributed by atoms with van der Waals surface area (Å²) in [6.45, 7) is 3.08. The molecular formula is C33H44N2O8. The molecule has 3 saturated carbocycles. The van der Waals surface area contributed by atoms with Crippen molar-refractivity contribution in [3.63, 3.8) is 0 Å². The third-order valence-electron chi connectivity index (χ3n) is 11.1. The highest BCUT2D eigenvalue weighted by Gasteiger charge is 2.68. The van der Waals surface area contributed by atoms with Crippen LogP contribution in [0.15, 0.2) is 47.1 Å². The van der Waals surface area contributed by atoms with Gasteiger partial charge in [-0.2, -0.15) is 0 Å². The molecule has 1 amide bonds. The Morgan fingerprint density at radius 3 is 2.56 bits per heavy atom. The van der Waals surface area contributed by atoms with E-state index in [2.05, 4.69) is 17.4 Å². The second kappa shape index (κ2) is 12.1. The van der Waals surface area contributed by atoms with Gasteiger partial charge in [0.25, 0.3) is 5.91 Å². The van der Waals surface area contributed by atoms with Crippen molar-refractivity contribution in [1.29, 1.82) is 0 Å². The number of allylic oxidation sites excluding steroid dienone is 2. The highest BCUT2D eigenvalue weighted by atomic mass is 16.6. The van der Waals surface area contributed by atoms with Crippen molar-refractivity contribution in [2.24, 2.45) is 33.7 Å². The standard InChI is InChI=1S/C33H44N2O8/c1-31-13-11-22(35-43-19-28(39)34-25(30(40)42-3)15-20-7-5-4-6-8-20)16-21(31)9-10-23-24-12-14-33(41,27(38)18-36)32(24,2)17-26(37)29(23)31/h4-8,16,23-26,29,36-37,41H,9-15,17-19H2,1-3H3,(H,34,39)/t23-,24-,25?,26-,29+,31-,32-,33-/m0/s1. The number of amides is 1. The number of esters is 1. The van der Waals surface area contributed by atoms with Gasteiger partial charge >= 0.3 is 5.97 Å². The van der Waals surface area contributed by atoms with Crippen LogP contribution in [-0.4, -0.2) is 76.8 Å². The van der Waals surface area contributed by atoms with Gasteiger partial charge < -0.3 is 30.2 Å². The quantitative estimate of drug-likeness (QED) is 0.250. The number of hydrogen-bond acceptors (Lipinski definition) is 9. The first-order valence-corrected chi connectivity index (χ1v) is 15.3. The first-order chi connectivity index (χ1) is 20.5. The molecule has 0 aromatic heterocycles. The van der Waals surface area contributed by atoms with Crippen LogP contribution in [0.2, 0.25) is 0 Å². The number of fused-ring (bicyclic) bond motifs is 5. The number of ketones is 1. The third-order valence-corrected chi connectivity index (χ3v) is 11.1. The van der Waals surface area contributed by atoms with Gasteiger partial charge in [0.1, 0.15) is 18.2 Å². The maximum absolute atomic E-state index is 12.6. The highest BCUT2D eigenvalue weighted by molar-refractivity contribution is 5.96. The van der Waals surface area contributed by atoms with Gasteiger partial charge in [-0.25, -0.2) is 4.79 Å². The number of Topliss-reactive ketones (excluding diaryl/α,β-unsaturated/α-hetero) is 1. The Kier molecular flexibility index (Phi) is 8.84.